The SMILES string of the molecule is CNCOCN1C(=O)CCC1=O. The van der Waals surface area contributed by atoms with Gasteiger partial charge < -0.3 is 4.74 Å². The molecule has 5 heteroatoms. The molecular formula is C7H12N2O3. The first-order valence-corrected chi connectivity index (χ1v) is 3.81. The predicted octanol–water partition coefficient (Wildman–Crippen LogP) is -0.714. The van der Waals surface area contributed by atoms with Crippen LogP contribution in [0.1, 0.15) is 12.8 Å². The van der Waals surface area contributed by atoms with Gasteiger partial charge in [0, 0.05) is 12.8 Å². The van der Waals surface area contributed by atoms with Crippen molar-refractivity contribution < 1.29 is 14.3 Å². The third-order valence-corrected chi connectivity index (χ3v) is 1.62. The van der Waals surface area contributed by atoms with Crippen molar-refractivity contribution >= 4 is 11.8 Å². The molecule has 0 spiro atoms. The van der Waals surface area contributed by atoms with Crippen molar-refractivity contribution in [2.75, 3.05) is 20.5 Å². The van der Waals surface area contributed by atoms with Gasteiger partial charge in [-0.25, -0.2) is 0 Å². The van der Waals surface area contributed by atoms with E-state index in [2.05, 4.69) is 5.32 Å². The number of carbonyl (C=O) groups excluding carboxylic acids is 2. The lowest BCUT2D eigenvalue weighted by Gasteiger charge is -2.13. The van der Waals surface area contributed by atoms with Crippen molar-refractivity contribution in [3.8, 4) is 0 Å². The number of nitrogens with zero attached hydrogens (tertiary/aromatic N) is 1. The van der Waals surface area contributed by atoms with Gasteiger partial charge in [-0.05, 0) is 7.05 Å². The maximum atomic E-state index is 11.0. The van der Waals surface area contributed by atoms with Crippen molar-refractivity contribution in [2.45, 2.75) is 12.8 Å². The lowest BCUT2D eigenvalue weighted by molar-refractivity contribution is -0.144. The summed E-state index contributed by atoms with van der Waals surface area (Å²) < 4.78 is 4.98. The second-order valence-corrected chi connectivity index (χ2v) is 2.55. The van der Waals surface area contributed by atoms with Gasteiger partial charge in [-0.2, -0.15) is 0 Å². The van der Waals surface area contributed by atoms with E-state index in [4.69, 9.17) is 4.74 Å². The molecule has 0 unspecified atom stereocenters. The second-order valence-electron chi connectivity index (χ2n) is 2.55. The summed E-state index contributed by atoms with van der Waals surface area (Å²) >= 11 is 0. The molecule has 0 radical (unpaired) electrons. The number of hydrogen-bond donors (Lipinski definition) is 1. The third kappa shape index (κ3) is 2.02. The minimum Gasteiger partial charge on any atom is -0.345 e. The van der Waals surface area contributed by atoms with Gasteiger partial charge in [0.05, 0.1) is 6.73 Å². The van der Waals surface area contributed by atoms with Gasteiger partial charge in [-0.1, -0.05) is 0 Å². The van der Waals surface area contributed by atoms with Crippen molar-refractivity contribution in [3.05, 3.63) is 0 Å². The Morgan fingerprint density at radius 3 is 2.50 bits per heavy atom. The van der Waals surface area contributed by atoms with E-state index in [0.29, 0.717) is 19.6 Å². The Morgan fingerprint density at radius 2 is 2.00 bits per heavy atom. The van der Waals surface area contributed by atoms with Crippen molar-refractivity contribution in [3.63, 3.8) is 0 Å². The van der Waals surface area contributed by atoms with Crippen molar-refractivity contribution in [1.82, 2.24) is 10.2 Å². The van der Waals surface area contributed by atoms with E-state index < -0.39 is 0 Å². The highest BCUT2D eigenvalue weighted by Gasteiger charge is 2.28. The number of likely N-dealkylation sites (tertiary alicyclic amines) is 1. The van der Waals surface area contributed by atoms with Crippen LogP contribution < -0.4 is 5.32 Å². The number of nitrogens with one attached hydrogen (secondary N) is 1. The first-order valence-electron chi connectivity index (χ1n) is 3.81. The molecule has 1 saturated heterocycles. The monoisotopic (exact) mass is 172 g/mol. The van der Waals surface area contributed by atoms with Gasteiger partial charge in [0.25, 0.3) is 0 Å². The maximum absolute atomic E-state index is 11.0. The quantitative estimate of drug-likeness (QED) is 0.345. The number of ether oxygens (including phenoxy) is 1. The minimum absolute atomic E-state index is 0.0680. The van der Waals surface area contributed by atoms with E-state index in [9.17, 15) is 9.59 Å². The molecule has 0 aromatic heterocycles. The Bertz CT molecular complexity index is 177. The standard InChI is InChI=1S/C7H12N2O3/c1-8-4-12-5-9-6(10)2-3-7(9)11/h8H,2-5H2,1H3. The topological polar surface area (TPSA) is 58.6 Å². The first-order chi connectivity index (χ1) is 5.75. The number of rotatable bonds is 4. The van der Waals surface area contributed by atoms with Gasteiger partial charge in [0.1, 0.15) is 6.73 Å². The van der Waals surface area contributed by atoms with Crippen molar-refractivity contribution in [1.29, 1.82) is 0 Å². The largest absolute Gasteiger partial charge is 0.345 e. The summed E-state index contributed by atoms with van der Waals surface area (Å²) in [6.07, 6.45) is 0.642. The van der Waals surface area contributed by atoms with E-state index in [1.54, 1.807) is 7.05 Å². The minimum atomic E-state index is -0.142. The Kier molecular flexibility index (Phi) is 3.19. The first kappa shape index (κ1) is 9.15. The zero-order valence-electron chi connectivity index (χ0n) is 7.00. The van der Waals surface area contributed by atoms with Crippen LogP contribution in [0.3, 0.4) is 0 Å². The molecule has 1 fully saturated rings. The molecule has 1 heterocycles. The highest BCUT2D eigenvalue weighted by Crippen LogP contribution is 2.10. The molecular weight excluding hydrogens is 160 g/mol. The fourth-order valence-electron chi connectivity index (χ4n) is 1.01. The van der Waals surface area contributed by atoms with Crippen LogP contribution in [0.25, 0.3) is 0 Å². The van der Waals surface area contributed by atoms with Gasteiger partial charge in [-0.15, -0.1) is 0 Å². The van der Waals surface area contributed by atoms with Gasteiger partial charge >= 0.3 is 0 Å². The summed E-state index contributed by atoms with van der Waals surface area (Å²) in [5.41, 5.74) is 0. The van der Waals surface area contributed by atoms with Crippen LogP contribution in [0.2, 0.25) is 0 Å². The molecule has 0 aliphatic carbocycles. The highest BCUT2D eigenvalue weighted by molar-refractivity contribution is 6.01. The lowest BCUT2D eigenvalue weighted by Crippen LogP contribution is -2.32. The number of imide groups is 1. The van der Waals surface area contributed by atoms with Crippen LogP contribution in [0.4, 0.5) is 0 Å². The van der Waals surface area contributed by atoms with Crippen LogP contribution in [-0.2, 0) is 14.3 Å². The van der Waals surface area contributed by atoms with E-state index in [-0.39, 0.29) is 18.5 Å². The summed E-state index contributed by atoms with van der Waals surface area (Å²) in [5, 5.41) is 2.75. The average molecular weight is 172 g/mol. The zero-order chi connectivity index (χ0) is 8.97. The molecule has 0 aromatic rings. The van der Waals surface area contributed by atoms with Crippen molar-refractivity contribution in [2.24, 2.45) is 0 Å². The molecule has 1 N–H and O–H groups in total. The second kappa shape index (κ2) is 4.18. The van der Waals surface area contributed by atoms with Crippen LogP contribution in [0, 0.1) is 0 Å². The summed E-state index contributed by atoms with van der Waals surface area (Å²) in [5.74, 6) is -0.285. The maximum Gasteiger partial charge on any atom is 0.231 e. The van der Waals surface area contributed by atoms with Crippen LogP contribution >= 0.6 is 0 Å². The van der Waals surface area contributed by atoms with Gasteiger partial charge in [0.2, 0.25) is 11.8 Å². The smallest absolute Gasteiger partial charge is 0.231 e. The fraction of sp³-hybridized carbons (Fsp3) is 0.714. The molecule has 2 amide bonds. The molecule has 0 atom stereocenters. The molecule has 0 bridgehead atoms. The summed E-state index contributed by atoms with van der Waals surface area (Å²) in [6, 6.07) is 0. The number of amides is 2. The third-order valence-electron chi connectivity index (χ3n) is 1.62. The van der Waals surface area contributed by atoms with Crippen LogP contribution in [-0.4, -0.2) is 37.2 Å². The molecule has 0 saturated carbocycles. The Labute approximate surface area is 70.7 Å². The summed E-state index contributed by atoms with van der Waals surface area (Å²) in [7, 11) is 1.73. The Balaban J connectivity index is 2.30. The van der Waals surface area contributed by atoms with Crippen LogP contribution in [0.15, 0.2) is 0 Å². The van der Waals surface area contributed by atoms with E-state index >= 15 is 0 Å². The molecule has 68 valence electrons. The molecule has 12 heavy (non-hydrogen) atoms. The zero-order valence-corrected chi connectivity index (χ0v) is 7.00. The van der Waals surface area contributed by atoms with E-state index in [1.165, 1.54) is 0 Å². The van der Waals surface area contributed by atoms with Gasteiger partial charge in [0.15, 0.2) is 0 Å². The lowest BCUT2D eigenvalue weighted by atomic mass is 10.4. The average Bonchev–Trinajstić information content (AvgIpc) is 2.35. The van der Waals surface area contributed by atoms with E-state index in [1.807, 2.05) is 0 Å². The molecule has 1 rings (SSSR count). The van der Waals surface area contributed by atoms with E-state index in [0.717, 1.165) is 4.90 Å². The summed E-state index contributed by atoms with van der Waals surface area (Å²) in [6.45, 7) is 0.412. The predicted molar refractivity (Wildman–Crippen MR) is 41.0 cm³/mol. The Morgan fingerprint density at radius 1 is 1.42 bits per heavy atom. The highest BCUT2D eigenvalue weighted by atomic mass is 16.5. The van der Waals surface area contributed by atoms with Crippen LogP contribution in [0.5, 0.6) is 0 Å². The molecule has 1 aliphatic rings. The molecule has 1 aliphatic heterocycles. The molecule has 5 nitrogen and oxygen atoms in total. The Hall–Kier alpha value is -0.940. The number of hydrogen-bond acceptors (Lipinski definition) is 4. The normalized spacial score (nSPS) is 17.6. The molecule has 0 aromatic carbocycles. The summed E-state index contributed by atoms with van der Waals surface area (Å²) in [4.78, 5) is 23.1. The fourth-order valence-corrected chi connectivity index (χ4v) is 1.01. The number of carbonyl (C=O) groups is 2. The van der Waals surface area contributed by atoms with Gasteiger partial charge in [-0.3, -0.25) is 19.8 Å².